The molecule has 3 rings (SSSR count). The lowest BCUT2D eigenvalue weighted by Crippen LogP contribution is -2.31. The van der Waals surface area contributed by atoms with Gasteiger partial charge >= 0.3 is 0 Å². The van der Waals surface area contributed by atoms with E-state index < -0.39 is 0 Å². The maximum Gasteiger partial charge on any atom is 0.129 e. The molecule has 1 aromatic rings. The van der Waals surface area contributed by atoms with Crippen molar-refractivity contribution in [1.82, 2.24) is 10.3 Å². The van der Waals surface area contributed by atoms with E-state index in [1.54, 1.807) is 0 Å². The Morgan fingerprint density at radius 2 is 2.05 bits per heavy atom. The predicted molar refractivity (Wildman–Crippen MR) is 84.3 cm³/mol. The first-order valence-electron chi connectivity index (χ1n) is 7.79. The van der Waals surface area contributed by atoms with Crippen molar-refractivity contribution in [3.05, 3.63) is 22.8 Å². The fourth-order valence-corrected chi connectivity index (χ4v) is 2.67. The molecular weight excluding hydrogens is 270 g/mol. The topological polar surface area (TPSA) is 28.2 Å². The number of rotatable bonds is 7. The van der Waals surface area contributed by atoms with Crippen LogP contribution in [0.1, 0.15) is 45.2 Å². The van der Waals surface area contributed by atoms with Crippen LogP contribution in [0.25, 0.3) is 0 Å². The molecule has 0 aliphatic heterocycles. The maximum absolute atomic E-state index is 6.28. The average Bonchev–Trinajstić information content (AvgIpc) is 3.27. The third kappa shape index (κ3) is 3.64. The van der Waals surface area contributed by atoms with Crippen LogP contribution < -0.4 is 10.2 Å². The van der Waals surface area contributed by atoms with E-state index in [2.05, 4.69) is 30.1 Å². The average molecular weight is 294 g/mol. The minimum atomic E-state index is 0.654. The standard InChI is InChI=1S/C16H24ClN3/c1-11(2)10-20(13-5-6-13)16-8-7-14(17)15(19-16)9-18-12-3-4-12/h7-8,11-13,18H,3-6,9-10H2,1-2H3. The Hall–Kier alpha value is -0.800. The van der Waals surface area contributed by atoms with Crippen molar-refractivity contribution in [2.75, 3.05) is 11.4 Å². The molecule has 0 bridgehead atoms. The van der Waals surface area contributed by atoms with Crippen molar-refractivity contribution in [2.45, 2.75) is 58.2 Å². The van der Waals surface area contributed by atoms with E-state index in [1.165, 1.54) is 25.7 Å². The molecule has 20 heavy (non-hydrogen) atoms. The van der Waals surface area contributed by atoms with Gasteiger partial charge in [-0.05, 0) is 43.7 Å². The van der Waals surface area contributed by atoms with Gasteiger partial charge in [-0.25, -0.2) is 4.98 Å². The van der Waals surface area contributed by atoms with Crippen LogP contribution in [0.2, 0.25) is 5.02 Å². The van der Waals surface area contributed by atoms with Crippen molar-refractivity contribution in [3.8, 4) is 0 Å². The van der Waals surface area contributed by atoms with E-state index >= 15 is 0 Å². The van der Waals surface area contributed by atoms with Crippen LogP contribution in [0.5, 0.6) is 0 Å². The molecule has 2 aliphatic carbocycles. The number of aromatic nitrogens is 1. The fraction of sp³-hybridized carbons (Fsp3) is 0.688. The molecule has 0 atom stereocenters. The Morgan fingerprint density at radius 1 is 1.30 bits per heavy atom. The highest BCUT2D eigenvalue weighted by molar-refractivity contribution is 6.31. The lowest BCUT2D eigenvalue weighted by Gasteiger charge is -2.26. The smallest absolute Gasteiger partial charge is 0.129 e. The number of hydrogen-bond donors (Lipinski definition) is 1. The molecule has 2 saturated carbocycles. The molecule has 0 radical (unpaired) electrons. The summed E-state index contributed by atoms with van der Waals surface area (Å²) >= 11 is 6.28. The zero-order chi connectivity index (χ0) is 14.1. The van der Waals surface area contributed by atoms with Gasteiger partial charge in [0.15, 0.2) is 0 Å². The number of halogens is 1. The van der Waals surface area contributed by atoms with E-state index in [-0.39, 0.29) is 0 Å². The van der Waals surface area contributed by atoms with Gasteiger partial charge in [-0.2, -0.15) is 0 Å². The Labute approximate surface area is 126 Å². The summed E-state index contributed by atoms with van der Waals surface area (Å²) < 4.78 is 0. The van der Waals surface area contributed by atoms with Gasteiger partial charge in [0.1, 0.15) is 5.82 Å². The summed E-state index contributed by atoms with van der Waals surface area (Å²) in [5, 5.41) is 4.28. The molecule has 1 aromatic heterocycles. The number of nitrogens with zero attached hydrogens (tertiary/aromatic N) is 2. The second kappa shape index (κ2) is 5.90. The zero-order valence-corrected chi connectivity index (χ0v) is 13.2. The minimum absolute atomic E-state index is 0.654. The predicted octanol–water partition coefficient (Wildman–Crippen LogP) is 3.61. The number of pyridine rings is 1. The van der Waals surface area contributed by atoms with Gasteiger partial charge in [-0.1, -0.05) is 25.4 Å². The van der Waals surface area contributed by atoms with Crippen LogP contribution in [0.3, 0.4) is 0 Å². The van der Waals surface area contributed by atoms with E-state index in [0.29, 0.717) is 18.0 Å². The summed E-state index contributed by atoms with van der Waals surface area (Å²) in [4.78, 5) is 7.28. The highest BCUT2D eigenvalue weighted by atomic mass is 35.5. The van der Waals surface area contributed by atoms with Crippen molar-refractivity contribution in [2.24, 2.45) is 5.92 Å². The quantitative estimate of drug-likeness (QED) is 0.832. The van der Waals surface area contributed by atoms with Crippen molar-refractivity contribution in [3.63, 3.8) is 0 Å². The lowest BCUT2D eigenvalue weighted by atomic mass is 10.2. The SMILES string of the molecule is CC(C)CN(c1ccc(Cl)c(CNC2CC2)n1)C1CC1. The van der Waals surface area contributed by atoms with Crippen LogP contribution in [-0.2, 0) is 6.54 Å². The molecule has 2 aliphatic rings. The lowest BCUT2D eigenvalue weighted by molar-refractivity contribution is 0.600. The summed E-state index contributed by atoms with van der Waals surface area (Å²) in [6.07, 6.45) is 5.18. The monoisotopic (exact) mass is 293 g/mol. The summed E-state index contributed by atoms with van der Waals surface area (Å²) in [6, 6.07) is 5.45. The molecule has 0 unspecified atom stereocenters. The first-order valence-corrected chi connectivity index (χ1v) is 8.16. The van der Waals surface area contributed by atoms with E-state index in [1.807, 2.05) is 6.07 Å². The summed E-state index contributed by atoms with van der Waals surface area (Å²) in [5.74, 6) is 1.75. The molecule has 1 heterocycles. The van der Waals surface area contributed by atoms with Gasteiger partial charge in [-0.15, -0.1) is 0 Å². The Kier molecular flexibility index (Phi) is 4.18. The Morgan fingerprint density at radius 3 is 2.65 bits per heavy atom. The van der Waals surface area contributed by atoms with E-state index in [9.17, 15) is 0 Å². The summed E-state index contributed by atoms with van der Waals surface area (Å²) in [6.45, 7) is 6.40. The molecule has 3 nitrogen and oxygen atoms in total. The Balaban J connectivity index is 1.74. The third-order valence-corrected chi connectivity index (χ3v) is 4.23. The van der Waals surface area contributed by atoms with Crippen LogP contribution in [-0.4, -0.2) is 23.6 Å². The second-order valence-corrected chi connectivity index (χ2v) is 6.94. The van der Waals surface area contributed by atoms with Crippen molar-refractivity contribution < 1.29 is 0 Å². The van der Waals surface area contributed by atoms with Gasteiger partial charge in [-0.3, -0.25) is 0 Å². The number of nitrogens with one attached hydrogen (secondary N) is 1. The molecule has 0 spiro atoms. The van der Waals surface area contributed by atoms with Crippen LogP contribution in [0.15, 0.2) is 12.1 Å². The molecular formula is C16H24ClN3. The fourth-order valence-electron chi connectivity index (χ4n) is 2.49. The summed E-state index contributed by atoms with van der Waals surface area (Å²) in [5.41, 5.74) is 0.991. The van der Waals surface area contributed by atoms with Gasteiger partial charge < -0.3 is 10.2 Å². The van der Waals surface area contributed by atoms with Gasteiger partial charge in [0.2, 0.25) is 0 Å². The van der Waals surface area contributed by atoms with Gasteiger partial charge in [0.05, 0.1) is 10.7 Å². The highest BCUT2D eigenvalue weighted by Gasteiger charge is 2.30. The minimum Gasteiger partial charge on any atom is -0.353 e. The first-order chi connectivity index (χ1) is 9.63. The highest BCUT2D eigenvalue weighted by Crippen LogP contribution is 2.32. The van der Waals surface area contributed by atoms with Crippen LogP contribution in [0.4, 0.5) is 5.82 Å². The van der Waals surface area contributed by atoms with E-state index in [0.717, 1.165) is 29.6 Å². The van der Waals surface area contributed by atoms with Crippen molar-refractivity contribution >= 4 is 17.4 Å². The number of anilines is 1. The van der Waals surface area contributed by atoms with Crippen molar-refractivity contribution in [1.29, 1.82) is 0 Å². The van der Waals surface area contributed by atoms with Crippen LogP contribution >= 0.6 is 11.6 Å². The molecule has 4 heteroatoms. The molecule has 110 valence electrons. The molecule has 0 amide bonds. The van der Waals surface area contributed by atoms with Crippen LogP contribution in [0, 0.1) is 5.92 Å². The Bertz CT molecular complexity index is 467. The molecule has 2 fully saturated rings. The number of hydrogen-bond acceptors (Lipinski definition) is 3. The van der Waals surface area contributed by atoms with Gasteiger partial charge in [0.25, 0.3) is 0 Å². The summed E-state index contributed by atoms with van der Waals surface area (Å²) in [7, 11) is 0. The first kappa shape index (κ1) is 14.2. The van der Waals surface area contributed by atoms with Gasteiger partial charge in [0, 0.05) is 25.2 Å². The normalized spacial score (nSPS) is 18.6. The molecule has 0 aromatic carbocycles. The zero-order valence-electron chi connectivity index (χ0n) is 12.4. The van der Waals surface area contributed by atoms with E-state index in [4.69, 9.17) is 16.6 Å². The largest absolute Gasteiger partial charge is 0.353 e. The third-order valence-electron chi connectivity index (χ3n) is 3.88. The molecule has 0 saturated heterocycles. The molecule has 1 N–H and O–H groups in total. The maximum atomic E-state index is 6.28. The second-order valence-electron chi connectivity index (χ2n) is 6.53.